The van der Waals surface area contributed by atoms with Crippen molar-refractivity contribution < 1.29 is 24.6 Å². The number of likely N-dealkylation sites (tertiary alicyclic amines) is 1. The van der Waals surface area contributed by atoms with Gasteiger partial charge in [0.25, 0.3) is 11.8 Å². The number of hydrogen-bond acceptors (Lipinski definition) is 8. The van der Waals surface area contributed by atoms with Crippen LogP contribution in [0, 0.1) is 20.8 Å². The van der Waals surface area contributed by atoms with Crippen LogP contribution >= 0.6 is 11.3 Å². The third kappa shape index (κ3) is 24.1. The first kappa shape index (κ1) is 47.5. The number of benzene rings is 1. The molecule has 1 aromatic carbocycles. The van der Waals surface area contributed by atoms with E-state index >= 15 is 0 Å². The van der Waals surface area contributed by atoms with E-state index in [1.54, 1.807) is 0 Å². The highest BCUT2D eigenvalue weighted by Gasteiger charge is 2.34. The normalized spacial score (nSPS) is 12.3. The third-order valence-electron chi connectivity index (χ3n) is 5.24. The number of nitrogens with one attached hydrogen (secondary N) is 1. The van der Waals surface area contributed by atoms with Crippen molar-refractivity contribution in [2.24, 2.45) is 11.5 Å². The summed E-state index contributed by atoms with van der Waals surface area (Å²) in [6.45, 7) is 19.4. The average Bonchev–Trinajstić information content (AvgIpc) is 3.75. The number of allylic oxidation sites excluding steroid dienone is 4. The van der Waals surface area contributed by atoms with Crippen LogP contribution in [0.3, 0.4) is 0 Å². The lowest BCUT2D eigenvalue weighted by Gasteiger charge is -2.22. The predicted molar refractivity (Wildman–Crippen MR) is 185 cm³/mol. The number of carbonyl (C=O) groups excluding carboxylic acids is 3. The SMILES string of the molecule is C/C=C\C=C/C.CC.CC.CN.Cc1ccccc1C.Cc1csc(CNC(=O)C(O)C(O)C(=O)N2CCCC2)n1.NC=O. The molecule has 2 heterocycles. The Morgan fingerprint density at radius 1 is 0.955 bits per heavy atom. The zero-order chi connectivity index (χ0) is 34.9. The molecule has 1 aliphatic heterocycles. The van der Waals surface area contributed by atoms with E-state index in [4.69, 9.17) is 4.79 Å². The van der Waals surface area contributed by atoms with Gasteiger partial charge in [0.05, 0.1) is 6.54 Å². The zero-order valence-electron chi connectivity index (χ0n) is 28.5. The molecule has 1 aromatic heterocycles. The largest absolute Gasteiger partial charge is 0.380 e. The smallest absolute Gasteiger partial charge is 0.254 e. The predicted octanol–water partition coefficient (Wildman–Crippen LogP) is 4.58. The molecule has 7 N–H and O–H groups in total. The fourth-order valence-corrected chi connectivity index (χ4v) is 3.75. The lowest BCUT2D eigenvalue weighted by Crippen LogP contribution is -2.50. The summed E-state index contributed by atoms with van der Waals surface area (Å²) >= 11 is 1.39. The van der Waals surface area contributed by atoms with Gasteiger partial charge in [-0.1, -0.05) is 76.3 Å². The molecule has 0 radical (unpaired) electrons. The summed E-state index contributed by atoms with van der Waals surface area (Å²) in [5, 5.41) is 24.6. The Morgan fingerprint density at radius 3 is 1.73 bits per heavy atom. The second-order valence-electron chi connectivity index (χ2n) is 8.29. The summed E-state index contributed by atoms with van der Waals surface area (Å²) in [4.78, 5) is 37.9. The molecule has 10 nitrogen and oxygen atoms in total. The number of thiazole rings is 1. The number of aliphatic hydroxyl groups excluding tert-OH is 2. The number of rotatable bonds is 6. The Labute approximate surface area is 270 Å². The topological polar surface area (TPSA) is 172 Å². The monoisotopic (exact) mass is 637 g/mol. The van der Waals surface area contributed by atoms with Crippen LogP contribution in [0.1, 0.15) is 76.2 Å². The van der Waals surface area contributed by atoms with Gasteiger partial charge in [0.15, 0.2) is 12.2 Å². The molecular formula is C33H59N5O5S. The van der Waals surface area contributed by atoms with Crippen molar-refractivity contribution in [2.45, 2.75) is 93.9 Å². The molecular weight excluding hydrogens is 578 g/mol. The first-order chi connectivity index (χ1) is 21.1. The van der Waals surface area contributed by atoms with Gasteiger partial charge in [-0.3, -0.25) is 14.4 Å². The lowest BCUT2D eigenvalue weighted by molar-refractivity contribution is -0.152. The van der Waals surface area contributed by atoms with E-state index in [0.717, 1.165) is 18.5 Å². The standard InChI is InChI=1S/C13H19N3O4S.C8H10.C6H10.2C2H6.CH3NO.CH5N/c1-8-7-21-9(15-8)6-14-12(19)10(17)11(18)13(20)16-4-2-3-5-16;1-7-5-3-4-6-8(7)2;1-3-5-6-4-2;2*1-2;2-1-3;1-2/h7,10-11,17-18H,2-6H2,1H3,(H,14,19);3-6H,1-2H3;3-6H,1-2H3;2*1-2H3;1H,(H2,2,3);2H2,1H3/b;;5-3-,6-4-;;;;. The Balaban J connectivity index is -0.000000286. The van der Waals surface area contributed by atoms with Crippen molar-refractivity contribution in [2.75, 3.05) is 20.1 Å². The summed E-state index contributed by atoms with van der Waals surface area (Å²) in [5.41, 5.74) is 12.3. The van der Waals surface area contributed by atoms with Crippen molar-refractivity contribution in [1.29, 1.82) is 0 Å². The molecule has 2 unspecified atom stereocenters. The second-order valence-corrected chi connectivity index (χ2v) is 9.24. The average molecular weight is 638 g/mol. The molecule has 3 rings (SSSR count). The van der Waals surface area contributed by atoms with Crippen molar-refractivity contribution >= 4 is 29.6 Å². The van der Waals surface area contributed by atoms with E-state index < -0.39 is 24.0 Å². The van der Waals surface area contributed by atoms with Crippen LogP contribution in [0.15, 0.2) is 53.9 Å². The number of primary amides is 1. The second kappa shape index (κ2) is 34.1. The summed E-state index contributed by atoms with van der Waals surface area (Å²) in [6.07, 6.45) is 6.52. The Hall–Kier alpha value is -3.38. The molecule has 0 aliphatic carbocycles. The van der Waals surface area contributed by atoms with Crippen LogP contribution < -0.4 is 16.8 Å². The minimum Gasteiger partial charge on any atom is -0.380 e. The quantitative estimate of drug-likeness (QED) is 0.228. The van der Waals surface area contributed by atoms with Gasteiger partial charge in [0.2, 0.25) is 6.41 Å². The van der Waals surface area contributed by atoms with Crippen molar-refractivity contribution in [3.63, 3.8) is 0 Å². The molecule has 1 fully saturated rings. The molecule has 0 bridgehead atoms. The summed E-state index contributed by atoms with van der Waals surface area (Å²) in [5.74, 6) is -1.37. The number of aromatic nitrogens is 1. The van der Waals surface area contributed by atoms with Crippen LogP contribution in [-0.2, 0) is 20.9 Å². The van der Waals surface area contributed by atoms with E-state index in [0.29, 0.717) is 18.1 Å². The molecule has 3 amide bonds. The molecule has 44 heavy (non-hydrogen) atoms. The molecule has 0 saturated carbocycles. The van der Waals surface area contributed by atoms with E-state index in [-0.39, 0.29) is 13.0 Å². The van der Waals surface area contributed by atoms with Gasteiger partial charge >= 0.3 is 0 Å². The van der Waals surface area contributed by atoms with Gasteiger partial charge in [-0.05, 0) is 65.6 Å². The van der Waals surface area contributed by atoms with Gasteiger partial charge < -0.3 is 31.9 Å². The minimum atomic E-state index is -1.76. The number of amides is 3. The van der Waals surface area contributed by atoms with Gasteiger partial charge in [0, 0.05) is 24.2 Å². The molecule has 0 spiro atoms. The Morgan fingerprint density at radius 2 is 1.39 bits per heavy atom. The molecule has 2 aromatic rings. The van der Waals surface area contributed by atoms with Gasteiger partial charge in [-0.15, -0.1) is 11.3 Å². The summed E-state index contributed by atoms with van der Waals surface area (Å²) in [7, 11) is 1.50. The van der Waals surface area contributed by atoms with Gasteiger partial charge in [0.1, 0.15) is 5.01 Å². The fourth-order valence-electron chi connectivity index (χ4n) is 3.04. The zero-order valence-corrected chi connectivity index (χ0v) is 29.4. The van der Waals surface area contributed by atoms with Crippen LogP contribution in [0.5, 0.6) is 0 Å². The Bertz CT molecular complexity index is 991. The summed E-state index contributed by atoms with van der Waals surface area (Å²) in [6, 6.07) is 8.36. The maximum Gasteiger partial charge on any atom is 0.254 e. The molecule has 2 atom stereocenters. The van der Waals surface area contributed by atoms with E-state index in [2.05, 4.69) is 59.9 Å². The van der Waals surface area contributed by atoms with E-state index in [9.17, 15) is 19.8 Å². The fraction of sp³-hybridized carbons (Fsp3) is 0.515. The minimum absolute atomic E-state index is 0.166. The first-order valence-electron chi connectivity index (χ1n) is 15.0. The first-order valence-corrected chi connectivity index (χ1v) is 15.8. The molecule has 252 valence electrons. The highest BCUT2D eigenvalue weighted by atomic mass is 32.1. The van der Waals surface area contributed by atoms with Crippen molar-refractivity contribution in [1.82, 2.24) is 15.2 Å². The number of carbonyl (C=O) groups is 3. The number of aliphatic hydroxyl groups is 2. The van der Waals surface area contributed by atoms with Crippen molar-refractivity contribution in [3.8, 4) is 0 Å². The van der Waals surface area contributed by atoms with Crippen LogP contribution in [0.2, 0.25) is 0 Å². The number of aryl methyl sites for hydroxylation is 3. The van der Waals surface area contributed by atoms with Crippen LogP contribution in [0.25, 0.3) is 0 Å². The van der Waals surface area contributed by atoms with Crippen molar-refractivity contribution in [3.05, 3.63) is 75.8 Å². The Kier molecular flexibility index (Phi) is 36.9. The van der Waals surface area contributed by atoms with E-state index in [1.165, 1.54) is 34.4 Å². The maximum absolute atomic E-state index is 11.9. The number of nitrogens with two attached hydrogens (primary N) is 2. The number of nitrogens with zero attached hydrogens (tertiary/aromatic N) is 2. The van der Waals surface area contributed by atoms with Gasteiger partial charge in [-0.25, -0.2) is 4.98 Å². The molecule has 1 saturated heterocycles. The highest BCUT2D eigenvalue weighted by molar-refractivity contribution is 7.09. The maximum atomic E-state index is 11.9. The number of hydrogen-bond donors (Lipinski definition) is 5. The van der Waals surface area contributed by atoms with Crippen LogP contribution in [-0.4, -0.2) is 70.7 Å². The van der Waals surface area contributed by atoms with Crippen LogP contribution in [0.4, 0.5) is 0 Å². The summed E-state index contributed by atoms with van der Waals surface area (Å²) < 4.78 is 0. The highest BCUT2D eigenvalue weighted by Crippen LogP contribution is 2.11. The van der Waals surface area contributed by atoms with E-state index in [1.807, 2.05) is 78.2 Å². The lowest BCUT2D eigenvalue weighted by atomic mass is 10.1. The molecule has 11 heteroatoms. The van der Waals surface area contributed by atoms with Gasteiger partial charge in [-0.2, -0.15) is 0 Å². The molecule has 1 aliphatic rings. The third-order valence-corrected chi connectivity index (χ3v) is 6.21.